The number of aryl methyl sites for hydroxylation is 1. The lowest BCUT2D eigenvalue weighted by Gasteiger charge is -2.36. The lowest BCUT2D eigenvalue weighted by Crippen LogP contribution is -2.46. The van der Waals surface area contributed by atoms with E-state index in [1.165, 1.54) is 12.3 Å². The van der Waals surface area contributed by atoms with Crippen molar-refractivity contribution in [3.05, 3.63) is 63.0 Å². The Morgan fingerprint density at radius 1 is 1.23 bits per heavy atom. The second-order valence-electron chi connectivity index (χ2n) is 9.22. The molecule has 0 amide bonds. The Bertz CT molecular complexity index is 1380. The van der Waals surface area contributed by atoms with Crippen molar-refractivity contribution in [3.63, 3.8) is 0 Å². The fourth-order valence-electron chi connectivity index (χ4n) is 4.78. The highest BCUT2D eigenvalue weighted by atomic mass is 35.5. The van der Waals surface area contributed by atoms with Crippen LogP contribution in [-0.2, 0) is 13.2 Å². The molecular weight excluding hydrogens is 475 g/mol. The van der Waals surface area contributed by atoms with Crippen molar-refractivity contribution in [3.8, 4) is 5.75 Å². The molecule has 0 unspecified atom stereocenters. The normalized spacial score (nSPS) is 16.7. The third-order valence-corrected chi connectivity index (χ3v) is 7.15. The van der Waals surface area contributed by atoms with Crippen LogP contribution in [-0.4, -0.2) is 56.1 Å². The van der Waals surface area contributed by atoms with Gasteiger partial charge in [-0.3, -0.25) is 19.5 Å². The largest absolute Gasteiger partial charge is 0.506 e. The third kappa shape index (κ3) is 4.39. The van der Waals surface area contributed by atoms with E-state index in [-0.39, 0.29) is 29.3 Å². The van der Waals surface area contributed by atoms with Crippen LogP contribution in [0.25, 0.3) is 10.9 Å². The molecule has 2 aromatic heterocycles. The van der Waals surface area contributed by atoms with Crippen LogP contribution in [0.15, 0.2) is 29.3 Å². The van der Waals surface area contributed by atoms with Crippen LogP contribution in [0.3, 0.4) is 0 Å². The number of benzene rings is 1. The van der Waals surface area contributed by atoms with Gasteiger partial charge < -0.3 is 19.7 Å². The molecule has 2 N–H and O–H groups in total. The fraction of sp³-hybridized carbons (Fsp3) is 0.400. The monoisotopic (exact) mass is 500 g/mol. The zero-order valence-corrected chi connectivity index (χ0v) is 20.1. The molecule has 1 saturated carbocycles. The summed E-state index contributed by atoms with van der Waals surface area (Å²) in [5.74, 6) is -0.498. The second-order valence-corrected chi connectivity index (χ2v) is 9.57. The molecule has 2 aliphatic rings. The van der Waals surface area contributed by atoms with Gasteiger partial charge in [0.25, 0.3) is 5.24 Å². The maximum absolute atomic E-state index is 15.2. The number of aromatic nitrogens is 2. The van der Waals surface area contributed by atoms with Gasteiger partial charge in [0.2, 0.25) is 5.43 Å². The first-order valence-electron chi connectivity index (χ1n) is 11.6. The van der Waals surface area contributed by atoms with E-state index in [9.17, 15) is 19.8 Å². The number of pyridine rings is 2. The van der Waals surface area contributed by atoms with Crippen molar-refractivity contribution in [2.45, 2.75) is 39.0 Å². The zero-order valence-electron chi connectivity index (χ0n) is 19.3. The first kappa shape index (κ1) is 23.7. The minimum Gasteiger partial charge on any atom is -0.506 e. The van der Waals surface area contributed by atoms with E-state index in [2.05, 4.69) is 9.88 Å². The molecule has 0 bridgehead atoms. The van der Waals surface area contributed by atoms with E-state index in [1.807, 2.05) is 9.47 Å². The molecule has 2 fully saturated rings. The molecular formula is C25H26ClFN4O4. The number of aliphatic hydroxyl groups excluding tert-OH is 1. The summed E-state index contributed by atoms with van der Waals surface area (Å²) in [7, 11) is 0. The van der Waals surface area contributed by atoms with Crippen LogP contribution in [0.4, 0.5) is 10.1 Å². The summed E-state index contributed by atoms with van der Waals surface area (Å²) in [5, 5.41) is 19.2. The third-order valence-electron chi connectivity index (χ3n) is 6.95. The van der Waals surface area contributed by atoms with Gasteiger partial charge in [-0.1, -0.05) is 0 Å². The molecule has 1 aromatic carbocycles. The summed E-state index contributed by atoms with van der Waals surface area (Å²) in [5.41, 5.74) is 2.05. The molecule has 8 nitrogen and oxygen atoms in total. The topological polar surface area (TPSA) is 98.9 Å². The summed E-state index contributed by atoms with van der Waals surface area (Å²) in [6.07, 6.45) is 5.03. The Balaban J connectivity index is 1.40. The van der Waals surface area contributed by atoms with Crippen LogP contribution < -0.4 is 10.3 Å². The van der Waals surface area contributed by atoms with Gasteiger partial charge in [-0.05, 0) is 49.1 Å². The van der Waals surface area contributed by atoms with E-state index < -0.39 is 16.5 Å². The van der Waals surface area contributed by atoms with Crippen molar-refractivity contribution >= 4 is 33.4 Å². The second kappa shape index (κ2) is 9.22. The Morgan fingerprint density at radius 3 is 2.57 bits per heavy atom. The lowest BCUT2D eigenvalue weighted by molar-refractivity contribution is 0.108. The van der Waals surface area contributed by atoms with Gasteiger partial charge >= 0.3 is 0 Å². The number of carbonyl (C=O) groups is 1. The van der Waals surface area contributed by atoms with Crippen molar-refractivity contribution in [2.75, 3.05) is 31.1 Å². The SMILES string of the molecule is Cc1ncc(CN2CCN(c3cc4c(cc3F)c(=O)c(C(=O)Cl)cn4C3CC3)CC2)c(CO)c1O. The quantitative estimate of drug-likeness (QED) is 0.502. The Hall–Kier alpha value is -3.01. The number of hydrogen-bond acceptors (Lipinski definition) is 7. The van der Waals surface area contributed by atoms with E-state index in [0.717, 1.165) is 18.4 Å². The minimum atomic E-state index is -0.839. The van der Waals surface area contributed by atoms with Gasteiger partial charge in [-0.15, -0.1) is 0 Å². The molecule has 1 aliphatic heterocycles. The van der Waals surface area contributed by atoms with E-state index in [4.69, 9.17) is 11.6 Å². The van der Waals surface area contributed by atoms with Crippen molar-refractivity contribution < 1.29 is 19.4 Å². The number of carbonyl (C=O) groups excluding carboxylic acids is 1. The molecule has 1 aliphatic carbocycles. The summed E-state index contributed by atoms with van der Waals surface area (Å²) in [4.78, 5) is 32.8. The molecule has 35 heavy (non-hydrogen) atoms. The van der Waals surface area contributed by atoms with Gasteiger partial charge in [0.05, 0.1) is 29.1 Å². The summed E-state index contributed by atoms with van der Waals surface area (Å²) >= 11 is 5.62. The van der Waals surface area contributed by atoms with Gasteiger partial charge in [-0.25, -0.2) is 4.39 Å². The van der Waals surface area contributed by atoms with Crippen LogP contribution in [0, 0.1) is 12.7 Å². The molecule has 184 valence electrons. The molecule has 3 aromatic rings. The molecule has 5 rings (SSSR count). The van der Waals surface area contributed by atoms with Crippen LogP contribution >= 0.6 is 11.6 Å². The van der Waals surface area contributed by atoms with Crippen molar-refractivity contribution in [2.24, 2.45) is 0 Å². The maximum Gasteiger partial charge on any atom is 0.257 e. The number of hydrogen-bond donors (Lipinski definition) is 2. The summed E-state index contributed by atoms with van der Waals surface area (Å²) < 4.78 is 17.1. The molecule has 1 saturated heterocycles. The number of fused-ring (bicyclic) bond motifs is 1. The highest BCUT2D eigenvalue weighted by Gasteiger charge is 2.28. The van der Waals surface area contributed by atoms with Gasteiger partial charge in [0, 0.05) is 62.1 Å². The molecule has 3 heterocycles. The van der Waals surface area contributed by atoms with Crippen LogP contribution in [0.5, 0.6) is 5.75 Å². The van der Waals surface area contributed by atoms with Crippen LogP contribution in [0.1, 0.15) is 46.1 Å². The summed E-state index contributed by atoms with van der Waals surface area (Å²) in [6.45, 7) is 4.35. The number of piperazine rings is 1. The van der Waals surface area contributed by atoms with Gasteiger partial charge in [-0.2, -0.15) is 0 Å². The molecule has 0 spiro atoms. The van der Waals surface area contributed by atoms with Crippen molar-refractivity contribution in [1.29, 1.82) is 0 Å². The van der Waals surface area contributed by atoms with Gasteiger partial charge in [0.1, 0.15) is 11.6 Å². The number of rotatable bonds is 6. The Morgan fingerprint density at radius 2 is 1.94 bits per heavy atom. The average molecular weight is 501 g/mol. The van der Waals surface area contributed by atoms with Crippen molar-refractivity contribution in [1.82, 2.24) is 14.5 Å². The zero-order chi connectivity index (χ0) is 24.9. The minimum absolute atomic E-state index is 0.0163. The van der Waals surface area contributed by atoms with E-state index >= 15 is 4.39 Å². The number of nitrogens with zero attached hydrogens (tertiary/aromatic N) is 4. The highest BCUT2D eigenvalue weighted by Crippen LogP contribution is 2.38. The number of halogens is 2. The number of anilines is 1. The highest BCUT2D eigenvalue weighted by molar-refractivity contribution is 6.67. The summed E-state index contributed by atoms with van der Waals surface area (Å²) in [6, 6.07) is 3.09. The predicted molar refractivity (Wildman–Crippen MR) is 131 cm³/mol. The maximum atomic E-state index is 15.2. The lowest BCUT2D eigenvalue weighted by atomic mass is 10.1. The van der Waals surface area contributed by atoms with Crippen LogP contribution in [0.2, 0.25) is 0 Å². The molecule has 10 heteroatoms. The molecule has 0 atom stereocenters. The van der Waals surface area contributed by atoms with E-state index in [0.29, 0.717) is 55.2 Å². The Labute approximate surface area is 206 Å². The number of aromatic hydroxyl groups is 1. The smallest absolute Gasteiger partial charge is 0.257 e. The predicted octanol–water partition coefficient (Wildman–Crippen LogP) is 3.08. The Kier molecular flexibility index (Phi) is 6.25. The standard InChI is InChI=1S/C25H26ClFN4O4/c1-14-23(33)19(13-32)15(10-28-14)11-29-4-6-30(7-5-29)22-9-21-17(8-20(22)27)24(34)18(25(26)35)12-31(21)16-2-3-16/h8-10,12,16,32-33H,2-7,11,13H2,1H3. The number of aliphatic hydroxyl groups is 1. The van der Waals surface area contributed by atoms with E-state index in [1.54, 1.807) is 19.2 Å². The van der Waals surface area contributed by atoms with Gasteiger partial charge in [0.15, 0.2) is 0 Å². The first-order chi connectivity index (χ1) is 16.8. The molecule has 0 radical (unpaired) electrons. The average Bonchev–Trinajstić information content (AvgIpc) is 3.68. The fourth-order valence-corrected chi connectivity index (χ4v) is 4.92. The first-order valence-corrected chi connectivity index (χ1v) is 12.0.